The van der Waals surface area contributed by atoms with Gasteiger partial charge in [0, 0.05) is 11.3 Å². The Balaban J connectivity index is 1.81. The van der Waals surface area contributed by atoms with Crippen LogP contribution in [0.15, 0.2) is 60.7 Å². The summed E-state index contributed by atoms with van der Waals surface area (Å²) in [5, 5.41) is -0.314. The van der Waals surface area contributed by atoms with E-state index in [1.807, 2.05) is 0 Å². The third-order valence-corrected chi connectivity index (χ3v) is 4.74. The molecule has 0 saturated carbocycles. The molecule has 0 heterocycles. The van der Waals surface area contributed by atoms with Crippen LogP contribution in [0, 0.1) is 17.5 Å². The standard InChI is InChI=1S/C23H17F3N2O2/c1-29-15-6-2-12(3-7-15)16-8-4-13-10-19(22(25)23(26)20(13)21(16)24)30-18-9-5-14(27)11-17(18)28/h2-11H,27-28H2,1H3. The van der Waals surface area contributed by atoms with E-state index in [-0.39, 0.29) is 22.4 Å². The van der Waals surface area contributed by atoms with Gasteiger partial charge in [-0.05, 0) is 47.3 Å². The lowest BCUT2D eigenvalue weighted by molar-refractivity contribution is 0.415. The smallest absolute Gasteiger partial charge is 0.202 e. The minimum atomic E-state index is -1.34. The van der Waals surface area contributed by atoms with Crippen LogP contribution in [-0.4, -0.2) is 7.11 Å². The van der Waals surface area contributed by atoms with Gasteiger partial charge < -0.3 is 20.9 Å². The van der Waals surface area contributed by atoms with Gasteiger partial charge in [-0.1, -0.05) is 24.3 Å². The Morgan fingerprint density at radius 2 is 1.47 bits per heavy atom. The van der Waals surface area contributed by atoms with E-state index in [9.17, 15) is 8.78 Å². The molecule has 7 heteroatoms. The second-order valence-corrected chi connectivity index (χ2v) is 6.66. The molecule has 0 saturated heterocycles. The zero-order valence-electron chi connectivity index (χ0n) is 15.9. The highest BCUT2D eigenvalue weighted by molar-refractivity contribution is 5.90. The molecule has 30 heavy (non-hydrogen) atoms. The molecule has 0 aliphatic carbocycles. The molecular formula is C23H17F3N2O2. The minimum Gasteiger partial charge on any atom is -0.497 e. The second kappa shape index (κ2) is 7.51. The first-order chi connectivity index (χ1) is 14.4. The molecule has 0 aromatic heterocycles. The normalized spacial score (nSPS) is 10.9. The first kappa shape index (κ1) is 19.4. The zero-order valence-corrected chi connectivity index (χ0v) is 15.9. The Kier molecular flexibility index (Phi) is 4.87. The van der Waals surface area contributed by atoms with E-state index in [0.717, 1.165) is 0 Å². The van der Waals surface area contributed by atoms with Gasteiger partial charge >= 0.3 is 0 Å². The van der Waals surface area contributed by atoms with Crippen LogP contribution < -0.4 is 20.9 Å². The summed E-state index contributed by atoms with van der Waals surface area (Å²) in [6, 6.07) is 15.2. The molecule has 0 bridgehead atoms. The monoisotopic (exact) mass is 410 g/mol. The van der Waals surface area contributed by atoms with E-state index in [1.165, 1.54) is 43.5 Å². The summed E-state index contributed by atoms with van der Waals surface area (Å²) in [7, 11) is 1.52. The lowest BCUT2D eigenvalue weighted by atomic mass is 9.99. The van der Waals surface area contributed by atoms with Crippen molar-refractivity contribution >= 4 is 22.1 Å². The minimum absolute atomic E-state index is 0.108. The second-order valence-electron chi connectivity index (χ2n) is 6.66. The largest absolute Gasteiger partial charge is 0.497 e. The molecule has 4 rings (SSSR count). The third kappa shape index (κ3) is 3.34. The molecule has 0 aliphatic rings. The maximum atomic E-state index is 15.1. The molecule has 0 amide bonds. The van der Waals surface area contributed by atoms with E-state index >= 15 is 4.39 Å². The predicted octanol–water partition coefficient (Wildman–Crippen LogP) is 5.89. The average Bonchev–Trinajstić information content (AvgIpc) is 2.74. The summed E-state index contributed by atoms with van der Waals surface area (Å²) < 4.78 is 55.2. The number of nitrogen functional groups attached to an aromatic ring is 2. The zero-order chi connectivity index (χ0) is 21.4. The summed E-state index contributed by atoms with van der Waals surface area (Å²) >= 11 is 0. The van der Waals surface area contributed by atoms with Gasteiger partial charge in [0.25, 0.3) is 0 Å². The Hall–Kier alpha value is -3.87. The molecule has 0 radical (unpaired) electrons. The Bertz CT molecular complexity index is 1260. The number of hydrogen-bond donors (Lipinski definition) is 2. The van der Waals surface area contributed by atoms with Gasteiger partial charge in [0.1, 0.15) is 11.6 Å². The Labute approximate surface area is 170 Å². The number of hydrogen-bond acceptors (Lipinski definition) is 4. The van der Waals surface area contributed by atoms with Crippen molar-refractivity contribution in [3.8, 4) is 28.4 Å². The van der Waals surface area contributed by atoms with E-state index in [1.54, 1.807) is 24.3 Å². The summed E-state index contributed by atoms with van der Waals surface area (Å²) in [6.45, 7) is 0. The van der Waals surface area contributed by atoms with Crippen LogP contribution in [-0.2, 0) is 0 Å². The maximum Gasteiger partial charge on any atom is 0.202 e. The number of methoxy groups -OCH3 is 1. The third-order valence-electron chi connectivity index (χ3n) is 4.74. The average molecular weight is 410 g/mol. The Morgan fingerprint density at radius 3 is 2.13 bits per heavy atom. The van der Waals surface area contributed by atoms with E-state index < -0.39 is 28.6 Å². The number of benzene rings is 4. The van der Waals surface area contributed by atoms with Crippen molar-refractivity contribution in [3.05, 3.63) is 78.1 Å². The molecule has 0 fully saturated rings. The molecule has 0 unspecified atom stereocenters. The van der Waals surface area contributed by atoms with Crippen molar-refractivity contribution in [1.82, 2.24) is 0 Å². The number of anilines is 2. The highest BCUT2D eigenvalue weighted by atomic mass is 19.2. The van der Waals surface area contributed by atoms with Crippen molar-refractivity contribution in [3.63, 3.8) is 0 Å². The summed E-state index contributed by atoms with van der Waals surface area (Å²) in [6.07, 6.45) is 0. The number of rotatable bonds is 4. The van der Waals surface area contributed by atoms with Crippen LogP contribution in [0.5, 0.6) is 17.2 Å². The Morgan fingerprint density at radius 1 is 0.733 bits per heavy atom. The SMILES string of the molecule is COc1ccc(-c2ccc3cc(Oc4ccc(N)cc4N)c(F)c(F)c3c2F)cc1. The lowest BCUT2D eigenvalue weighted by Gasteiger charge is -2.13. The van der Waals surface area contributed by atoms with E-state index in [0.29, 0.717) is 17.0 Å². The number of nitrogens with two attached hydrogens (primary N) is 2. The van der Waals surface area contributed by atoms with Gasteiger partial charge in [0.2, 0.25) is 5.82 Å². The van der Waals surface area contributed by atoms with Crippen molar-refractivity contribution in [1.29, 1.82) is 0 Å². The molecule has 152 valence electrons. The van der Waals surface area contributed by atoms with Crippen molar-refractivity contribution in [2.24, 2.45) is 0 Å². The van der Waals surface area contributed by atoms with Gasteiger partial charge in [-0.15, -0.1) is 0 Å². The quantitative estimate of drug-likeness (QED) is 0.412. The van der Waals surface area contributed by atoms with Crippen LogP contribution in [0.1, 0.15) is 0 Å². The fourth-order valence-electron chi connectivity index (χ4n) is 3.20. The highest BCUT2D eigenvalue weighted by Crippen LogP contribution is 2.38. The fourth-order valence-corrected chi connectivity index (χ4v) is 3.20. The molecule has 0 spiro atoms. The summed E-state index contributed by atoms with van der Waals surface area (Å²) in [4.78, 5) is 0. The number of ether oxygens (including phenoxy) is 2. The van der Waals surface area contributed by atoms with E-state index in [4.69, 9.17) is 20.9 Å². The van der Waals surface area contributed by atoms with Crippen LogP contribution in [0.3, 0.4) is 0 Å². The van der Waals surface area contributed by atoms with Crippen molar-refractivity contribution in [2.75, 3.05) is 18.6 Å². The van der Waals surface area contributed by atoms with Gasteiger partial charge in [0.05, 0.1) is 18.2 Å². The van der Waals surface area contributed by atoms with Crippen LogP contribution in [0.4, 0.5) is 24.5 Å². The molecule has 4 N–H and O–H groups in total. The van der Waals surface area contributed by atoms with Gasteiger partial charge in [-0.2, -0.15) is 4.39 Å². The summed E-state index contributed by atoms with van der Waals surface area (Å²) in [5.74, 6) is -3.23. The van der Waals surface area contributed by atoms with Crippen LogP contribution in [0.2, 0.25) is 0 Å². The molecular weight excluding hydrogens is 393 g/mol. The van der Waals surface area contributed by atoms with Gasteiger partial charge in [-0.25, -0.2) is 8.78 Å². The molecule has 4 aromatic rings. The van der Waals surface area contributed by atoms with Gasteiger partial charge in [0.15, 0.2) is 17.3 Å². The fraction of sp³-hybridized carbons (Fsp3) is 0.0435. The molecule has 4 aromatic carbocycles. The lowest BCUT2D eigenvalue weighted by Crippen LogP contribution is -1.99. The predicted molar refractivity (Wildman–Crippen MR) is 111 cm³/mol. The number of halogens is 3. The van der Waals surface area contributed by atoms with Crippen molar-refractivity contribution < 1.29 is 22.6 Å². The summed E-state index contributed by atoms with van der Waals surface area (Å²) in [5.41, 5.74) is 12.6. The molecule has 0 atom stereocenters. The van der Waals surface area contributed by atoms with E-state index in [2.05, 4.69) is 0 Å². The van der Waals surface area contributed by atoms with Crippen LogP contribution >= 0.6 is 0 Å². The van der Waals surface area contributed by atoms with Crippen LogP contribution in [0.25, 0.3) is 21.9 Å². The highest BCUT2D eigenvalue weighted by Gasteiger charge is 2.21. The maximum absolute atomic E-state index is 15.1. The molecule has 4 nitrogen and oxygen atoms in total. The first-order valence-corrected chi connectivity index (χ1v) is 8.96. The van der Waals surface area contributed by atoms with Crippen molar-refractivity contribution in [2.45, 2.75) is 0 Å². The number of fused-ring (bicyclic) bond motifs is 1. The van der Waals surface area contributed by atoms with Gasteiger partial charge in [-0.3, -0.25) is 0 Å². The first-order valence-electron chi connectivity index (χ1n) is 8.96. The molecule has 0 aliphatic heterocycles. The topological polar surface area (TPSA) is 70.5 Å².